The molecule has 4 amide bonds. The van der Waals surface area contributed by atoms with Crippen molar-refractivity contribution in [2.45, 2.75) is 116 Å². The normalized spacial score (nSPS) is 29.3. The van der Waals surface area contributed by atoms with Crippen LogP contribution in [0.4, 0.5) is 9.59 Å². The third-order valence-electron chi connectivity index (χ3n) is 10.5. The minimum Gasteiger partial charge on any atom is -0.450 e. The smallest absolute Gasteiger partial charge is 0.410 e. The third kappa shape index (κ3) is 7.33. The van der Waals surface area contributed by atoms with Gasteiger partial charge in [0, 0.05) is 31.3 Å². The average molecular weight is 651 g/mol. The first-order valence-electron chi connectivity index (χ1n) is 17.0. The number of nitrogens with one attached hydrogen (secondary N) is 2. The van der Waals surface area contributed by atoms with Crippen LogP contribution in [0.3, 0.4) is 0 Å². The van der Waals surface area contributed by atoms with E-state index >= 15 is 0 Å². The summed E-state index contributed by atoms with van der Waals surface area (Å²) in [4.78, 5) is 70.3. The molecule has 11 nitrogen and oxygen atoms in total. The number of Topliss-reactive ketones (excluding diaryl/α,β-unsaturated/α-hetero) is 1. The molecule has 47 heavy (non-hydrogen) atoms. The lowest BCUT2D eigenvalue weighted by molar-refractivity contribution is -0.142. The molecule has 2 N–H and O–H groups in total. The number of benzene rings is 1. The predicted molar refractivity (Wildman–Crippen MR) is 175 cm³/mol. The third-order valence-corrected chi connectivity index (χ3v) is 10.5. The van der Waals surface area contributed by atoms with Gasteiger partial charge in [0.05, 0.1) is 18.7 Å². The van der Waals surface area contributed by atoms with Crippen LogP contribution in [-0.4, -0.2) is 76.5 Å². The van der Waals surface area contributed by atoms with Gasteiger partial charge in [-0.1, -0.05) is 64.8 Å². The summed E-state index contributed by atoms with van der Waals surface area (Å²) in [6.45, 7) is 13.8. The van der Waals surface area contributed by atoms with Gasteiger partial charge in [-0.3, -0.25) is 19.3 Å². The van der Waals surface area contributed by atoms with Crippen molar-refractivity contribution in [3.8, 4) is 0 Å². The summed E-state index contributed by atoms with van der Waals surface area (Å²) in [5, 5.41) is 5.86. The highest BCUT2D eigenvalue weighted by Gasteiger charge is 2.59. The Labute approximate surface area is 277 Å². The number of fused-ring (bicyclic) bond motifs is 3. The first-order chi connectivity index (χ1) is 22.2. The lowest BCUT2D eigenvalue weighted by Crippen LogP contribution is -2.59. The number of amides is 4. The van der Waals surface area contributed by atoms with Crippen molar-refractivity contribution in [2.75, 3.05) is 13.2 Å². The van der Waals surface area contributed by atoms with Gasteiger partial charge in [-0.15, -0.1) is 6.58 Å². The van der Waals surface area contributed by atoms with Gasteiger partial charge in [-0.05, 0) is 54.7 Å². The summed E-state index contributed by atoms with van der Waals surface area (Å²) >= 11 is 0. The van der Waals surface area contributed by atoms with Gasteiger partial charge >= 0.3 is 12.2 Å². The summed E-state index contributed by atoms with van der Waals surface area (Å²) in [6.07, 6.45) is 4.90. The van der Waals surface area contributed by atoms with Crippen LogP contribution >= 0.6 is 0 Å². The highest BCUT2D eigenvalue weighted by atomic mass is 16.6. The van der Waals surface area contributed by atoms with Gasteiger partial charge in [-0.25, -0.2) is 9.59 Å². The fourth-order valence-electron chi connectivity index (χ4n) is 7.38. The molecule has 11 heteroatoms. The molecular weight excluding hydrogens is 600 g/mol. The molecule has 1 saturated heterocycles. The zero-order chi connectivity index (χ0) is 34.1. The van der Waals surface area contributed by atoms with Crippen LogP contribution in [-0.2, 0) is 43.4 Å². The second kappa shape index (κ2) is 13.7. The zero-order valence-electron chi connectivity index (χ0n) is 28.4. The Bertz CT molecular complexity index is 1420. The molecule has 1 saturated carbocycles. The van der Waals surface area contributed by atoms with Crippen LogP contribution in [0.25, 0.3) is 0 Å². The topological polar surface area (TPSA) is 134 Å². The van der Waals surface area contributed by atoms with Crippen LogP contribution in [0.2, 0.25) is 0 Å². The van der Waals surface area contributed by atoms with E-state index in [1.54, 1.807) is 17.9 Å². The Morgan fingerprint density at radius 3 is 2.51 bits per heavy atom. The van der Waals surface area contributed by atoms with Crippen LogP contribution < -0.4 is 10.6 Å². The number of cyclic esters (lactones) is 1. The molecule has 2 unspecified atom stereocenters. The number of hydrogen-bond donors (Lipinski definition) is 2. The van der Waals surface area contributed by atoms with Crippen molar-refractivity contribution in [3.05, 3.63) is 47.5 Å². The fourth-order valence-corrected chi connectivity index (χ4v) is 7.38. The first kappa shape index (κ1) is 34.4. The second-order valence-electron chi connectivity index (χ2n) is 14.8. The molecule has 1 aliphatic carbocycles. The van der Waals surface area contributed by atoms with Gasteiger partial charge in [0.2, 0.25) is 11.8 Å². The Kier molecular flexibility index (Phi) is 10.0. The monoisotopic (exact) mass is 650 g/mol. The zero-order valence-corrected chi connectivity index (χ0v) is 28.4. The highest BCUT2D eigenvalue weighted by molar-refractivity contribution is 5.93. The summed E-state index contributed by atoms with van der Waals surface area (Å²) in [5.74, 6) is -1.49. The Morgan fingerprint density at radius 1 is 1.11 bits per heavy atom. The Morgan fingerprint density at radius 2 is 1.83 bits per heavy atom. The van der Waals surface area contributed by atoms with Crippen molar-refractivity contribution in [3.63, 3.8) is 0 Å². The molecule has 0 spiro atoms. The maximum atomic E-state index is 14.3. The molecule has 2 fully saturated rings. The predicted octanol–water partition coefficient (Wildman–Crippen LogP) is 4.65. The summed E-state index contributed by atoms with van der Waals surface area (Å²) in [7, 11) is 0. The van der Waals surface area contributed by atoms with Gasteiger partial charge in [0.1, 0.15) is 24.0 Å². The quantitative estimate of drug-likeness (QED) is 0.443. The number of ether oxygens (including phenoxy) is 2. The van der Waals surface area contributed by atoms with Crippen molar-refractivity contribution < 1.29 is 33.4 Å². The number of aryl methyl sites for hydroxylation is 1. The van der Waals surface area contributed by atoms with E-state index in [-0.39, 0.29) is 31.3 Å². The fraction of sp³-hybridized carbons (Fsp3) is 0.639. The molecule has 4 aliphatic rings. The van der Waals surface area contributed by atoms with Crippen molar-refractivity contribution in [1.29, 1.82) is 0 Å². The summed E-state index contributed by atoms with van der Waals surface area (Å²) in [5.41, 5.74) is 1.96. The first-order valence-corrected chi connectivity index (χ1v) is 17.0. The molecule has 1 aromatic carbocycles. The number of ketones is 1. The van der Waals surface area contributed by atoms with Gasteiger partial charge in [0.15, 0.2) is 0 Å². The molecular formula is C36H50N4O7. The lowest BCUT2D eigenvalue weighted by atomic mass is 9.85. The van der Waals surface area contributed by atoms with E-state index in [1.807, 2.05) is 32.9 Å². The maximum absolute atomic E-state index is 14.3. The number of rotatable bonds is 5. The van der Waals surface area contributed by atoms with Crippen molar-refractivity contribution in [2.24, 2.45) is 17.3 Å². The van der Waals surface area contributed by atoms with Crippen LogP contribution in [0.15, 0.2) is 30.9 Å². The molecule has 256 valence electrons. The molecule has 3 heterocycles. The summed E-state index contributed by atoms with van der Waals surface area (Å²) < 4.78 is 11.5. The van der Waals surface area contributed by atoms with E-state index in [1.165, 1.54) is 17.4 Å². The number of alkyl carbamates (subject to hydrolysis) is 1. The minimum atomic E-state index is -1.01. The van der Waals surface area contributed by atoms with Gasteiger partial charge in [-0.2, -0.15) is 0 Å². The standard InChI is InChI=1S/C36H50N4O7/c1-7-26-18-36(26,22(2)23(3)41)38-31(42)29-17-27-20-40(29)32(43)30(35(4,5)6)37-33(44)46-16-11-9-8-10-13-24-14-12-15-25-19-39(21-28(24)25)34(45)47-27/h7,12,14-15,22,26-27,29-30H,1,8-11,13,16-21H2,2-6H3,(H,37,44)(H,38,42)/t22?,26-,27-,29?,30-,36+/m1/s1. The Balaban J connectivity index is 1.42. The molecule has 0 radical (unpaired) electrons. The second-order valence-corrected chi connectivity index (χ2v) is 14.8. The van der Waals surface area contributed by atoms with E-state index < -0.39 is 59.1 Å². The maximum Gasteiger partial charge on any atom is 0.410 e. The van der Waals surface area contributed by atoms with E-state index in [0.29, 0.717) is 25.9 Å². The van der Waals surface area contributed by atoms with Gasteiger partial charge in [0.25, 0.3) is 0 Å². The number of carbonyl (C=O) groups excluding carboxylic acids is 5. The molecule has 6 atom stereocenters. The Hall–Kier alpha value is -3.89. The lowest BCUT2D eigenvalue weighted by Gasteiger charge is -2.35. The molecule has 5 rings (SSSR count). The van der Waals surface area contributed by atoms with Crippen molar-refractivity contribution >= 4 is 29.8 Å². The van der Waals surface area contributed by atoms with Crippen LogP contribution in [0.1, 0.15) is 89.8 Å². The number of carbonyl (C=O) groups is 5. The average Bonchev–Trinajstić information content (AvgIpc) is 3.32. The summed E-state index contributed by atoms with van der Waals surface area (Å²) in [6, 6.07) is 4.18. The van der Waals surface area contributed by atoms with Gasteiger partial charge < -0.3 is 25.0 Å². The minimum absolute atomic E-state index is 0.0157. The SMILES string of the molecule is C=C[C@@H]1C[C@]1(NC(=O)C1C[C@@H]2CN1C(=O)[C@H](C(C)(C)C)NC(=O)OCCCCCCc1cccc3c1CN(C3)C(=O)O2)C(C)C(C)=O. The van der Waals surface area contributed by atoms with E-state index in [9.17, 15) is 24.0 Å². The molecule has 4 bridgehead atoms. The number of nitrogens with zero attached hydrogens (tertiary/aromatic N) is 2. The van der Waals surface area contributed by atoms with Crippen molar-refractivity contribution in [1.82, 2.24) is 20.4 Å². The molecule has 1 aromatic rings. The van der Waals surface area contributed by atoms with Crippen LogP contribution in [0.5, 0.6) is 0 Å². The molecule has 0 aromatic heterocycles. The van der Waals surface area contributed by atoms with Crippen LogP contribution in [0, 0.1) is 17.3 Å². The van der Waals surface area contributed by atoms with E-state index in [2.05, 4.69) is 23.3 Å². The largest absolute Gasteiger partial charge is 0.450 e. The molecule has 3 aliphatic heterocycles. The van der Waals surface area contributed by atoms with E-state index in [4.69, 9.17) is 9.47 Å². The highest BCUT2D eigenvalue weighted by Crippen LogP contribution is 2.50. The van der Waals surface area contributed by atoms with E-state index in [0.717, 1.165) is 36.8 Å². The number of hydrogen-bond acceptors (Lipinski definition) is 7.